The van der Waals surface area contributed by atoms with Crippen LogP contribution >= 0.6 is 39.5 Å². The Kier molecular flexibility index (Phi) is 17.7. The number of halogens is 6. The predicted molar refractivity (Wildman–Crippen MR) is 256 cm³/mol. The van der Waals surface area contributed by atoms with E-state index in [9.17, 15) is 25.2 Å². The Hall–Kier alpha value is -3.81. The van der Waals surface area contributed by atoms with Crippen LogP contribution in [-0.4, -0.2) is 62.9 Å². The summed E-state index contributed by atoms with van der Waals surface area (Å²) in [6.07, 6.45) is 20.2. The Bertz CT molecular complexity index is 2270. The summed E-state index contributed by atoms with van der Waals surface area (Å²) in [6, 6.07) is 43.3. The maximum absolute atomic E-state index is 10.7. The van der Waals surface area contributed by atoms with Crippen molar-refractivity contribution < 1.29 is 47.6 Å². The van der Waals surface area contributed by atoms with Crippen molar-refractivity contribution in [3.8, 4) is 0 Å². The summed E-state index contributed by atoms with van der Waals surface area (Å²) in [4.78, 5) is 18.8. The second kappa shape index (κ2) is 22.1. The van der Waals surface area contributed by atoms with Gasteiger partial charge in [-0.2, -0.15) is 0 Å². The van der Waals surface area contributed by atoms with Gasteiger partial charge in [-0.15, -0.1) is 0 Å². The molecule has 0 saturated carbocycles. The standard InChI is InChI=1S/2C22H24N4P2.Au.F6P/c2*1-25-15-13-23-21(25)27(19-9-5-3-6-10-19)17-18-28(20-11-7-4-8-12-20)22-24-14-16-26(22)2;;1-7(2,3,4,5)6/h2*3-16H,17-18H2,1-2H3;;/q;;+1;-1. The zero-order valence-electron chi connectivity index (χ0n) is 35.4. The van der Waals surface area contributed by atoms with Crippen LogP contribution in [0.3, 0.4) is 0 Å². The number of rotatable bonds is 14. The minimum atomic E-state index is -10.7. The molecule has 20 heteroatoms. The summed E-state index contributed by atoms with van der Waals surface area (Å²) in [7, 11) is -4.32. The van der Waals surface area contributed by atoms with Gasteiger partial charge in [-0.25, -0.2) is 19.9 Å². The summed E-state index contributed by atoms with van der Waals surface area (Å²) in [6.45, 7) is 0. The van der Waals surface area contributed by atoms with Crippen molar-refractivity contribution in [3.05, 3.63) is 171 Å². The monoisotopic (exact) mass is 1150 g/mol. The number of benzene rings is 4. The van der Waals surface area contributed by atoms with Gasteiger partial charge in [-0.1, -0.05) is 121 Å². The van der Waals surface area contributed by atoms with E-state index in [0.29, 0.717) is 0 Å². The number of aryl methyl sites for hydroxylation is 4. The Morgan fingerprint density at radius 1 is 0.359 bits per heavy atom. The minimum absolute atomic E-state index is 0. The van der Waals surface area contributed by atoms with Gasteiger partial charge < -0.3 is 18.3 Å². The molecular formula is C44H48AuF6N8P5. The molecule has 0 saturated heterocycles. The smallest absolute Gasteiger partial charge is 1.00 e. The second-order valence-corrected chi connectivity index (χ2v) is 25.1. The quantitative estimate of drug-likeness (QED) is 0.0621. The molecule has 0 bridgehead atoms. The number of hydrogen-bond donors (Lipinski definition) is 0. The summed E-state index contributed by atoms with van der Waals surface area (Å²) >= 11 is 0. The first-order valence-electron chi connectivity index (χ1n) is 19.7. The molecule has 8 rings (SSSR count). The van der Waals surface area contributed by atoms with Gasteiger partial charge in [0.15, 0.2) is 0 Å². The SMILES string of the molecule is Cn1ccnc1P(CCP(c1ccccc1)c1nccn1C)c1ccccc1.Cn1ccnc1P(CCP(c1ccccc1)c1nccn1C)c1ccccc1.F[P-](F)(F)(F)(F)F.[Au+]. The van der Waals surface area contributed by atoms with Gasteiger partial charge in [0.05, 0.1) is 0 Å². The van der Waals surface area contributed by atoms with Gasteiger partial charge in [0.25, 0.3) is 0 Å². The second-order valence-electron chi connectivity index (χ2n) is 14.3. The van der Waals surface area contributed by atoms with Crippen molar-refractivity contribution in [2.45, 2.75) is 0 Å². The number of nitrogens with zero attached hydrogens (tertiary/aromatic N) is 8. The van der Waals surface area contributed by atoms with E-state index in [1.807, 2.05) is 49.6 Å². The fourth-order valence-electron chi connectivity index (χ4n) is 6.68. The van der Waals surface area contributed by atoms with E-state index in [2.05, 4.69) is 168 Å². The average molecular weight is 1150 g/mol. The molecule has 4 atom stereocenters. The largest absolute Gasteiger partial charge is 1.00 e. The van der Waals surface area contributed by atoms with Gasteiger partial charge in [0.2, 0.25) is 0 Å². The molecule has 4 aromatic heterocycles. The summed E-state index contributed by atoms with van der Waals surface area (Å²) in [5.74, 6) is 0. The van der Waals surface area contributed by atoms with Gasteiger partial charge in [0.1, 0.15) is 22.3 Å². The molecule has 64 heavy (non-hydrogen) atoms. The van der Waals surface area contributed by atoms with E-state index in [4.69, 9.17) is 19.9 Å². The van der Waals surface area contributed by atoms with Crippen molar-refractivity contribution in [2.24, 2.45) is 28.2 Å². The van der Waals surface area contributed by atoms with Crippen LogP contribution in [0.25, 0.3) is 0 Å². The third-order valence-electron chi connectivity index (χ3n) is 9.51. The molecule has 0 fully saturated rings. The Labute approximate surface area is 390 Å². The van der Waals surface area contributed by atoms with Gasteiger partial charge in [-0.3, -0.25) is 0 Å². The normalized spacial score (nSPS) is 14.2. The van der Waals surface area contributed by atoms with E-state index in [0.717, 1.165) is 24.6 Å². The molecule has 0 aliphatic rings. The number of hydrogen-bond acceptors (Lipinski definition) is 4. The fourth-order valence-corrected chi connectivity index (χ4v) is 17.4. The van der Waals surface area contributed by atoms with Crippen molar-refractivity contribution in [1.82, 2.24) is 38.2 Å². The molecule has 8 aromatic rings. The first-order valence-corrected chi connectivity index (χ1v) is 27.8. The van der Waals surface area contributed by atoms with Gasteiger partial charge in [-0.05, 0) is 77.6 Å². The van der Waals surface area contributed by atoms with Crippen molar-refractivity contribution >= 4 is 83.0 Å². The molecule has 0 radical (unpaired) electrons. The molecule has 0 aliphatic heterocycles. The van der Waals surface area contributed by atoms with Crippen molar-refractivity contribution in [3.63, 3.8) is 0 Å². The maximum Gasteiger partial charge on any atom is 1.00 e. The van der Waals surface area contributed by atoms with E-state index in [1.54, 1.807) is 0 Å². The zero-order chi connectivity index (χ0) is 45.1. The first kappa shape index (κ1) is 51.2. The van der Waals surface area contributed by atoms with Gasteiger partial charge >= 0.3 is 55.4 Å². The number of aromatic nitrogens is 8. The van der Waals surface area contributed by atoms with Crippen LogP contribution in [0.2, 0.25) is 0 Å². The first-order chi connectivity index (χ1) is 29.9. The summed E-state index contributed by atoms with van der Waals surface area (Å²) in [5.41, 5.74) is 4.74. The van der Waals surface area contributed by atoms with Crippen LogP contribution in [0, 0.1) is 0 Å². The Morgan fingerprint density at radius 3 is 0.672 bits per heavy atom. The van der Waals surface area contributed by atoms with Crippen molar-refractivity contribution in [2.75, 3.05) is 24.6 Å². The van der Waals surface area contributed by atoms with Crippen LogP contribution in [0.1, 0.15) is 0 Å². The molecular weight excluding hydrogens is 1110 g/mol. The van der Waals surface area contributed by atoms with E-state index >= 15 is 0 Å². The third-order valence-corrected chi connectivity index (χ3v) is 20.2. The molecule has 4 aromatic carbocycles. The summed E-state index contributed by atoms with van der Waals surface area (Å²) in [5, 5.41) is 5.54. The molecule has 0 aliphatic carbocycles. The predicted octanol–water partition coefficient (Wildman–Crippen LogP) is 8.82. The van der Waals surface area contributed by atoms with Crippen LogP contribution in [0.15, 0.2) is 171 Å². The zero-order valence-corrected chi connectivity index (χ0v) is 42.0. The fraction of sp³-hybridized carbons (Fsp3) is 0.182. The van der Waals surface area contributed by atoms with Crippen LogP contribution < -0.4 is 43.5 Å². The molecule has 0 spiro atoms. The molecule has 8 nitrogen and oxygen atoms in total. The van der Waals surface area contributed by atoms with Crippen LogP contribution in [0.5, 0.6) is 0 Å². The molecule has 0 N–H and O–H groups in total. The molecule has 4 unspecified atom stereocenters. The average Bonchev–Trinajstić information content (AvgIpc) is 4.09. The maximum atomic E-state index is 9.87. The van der Waals surface area contributed by atoms with Crippen LogP contribution in [0.4, 0.5) is 25.2 Å². The van der Waals surface area contributed by atoms with Crippen LogP contribution in [-0.2, 0) is 50.6 Å². The topological polar surface area (TPSA) is 71.3 Å². The van der Waals surface area contributed by atoms with Gasteiger partial charge in [0, 0.05) is 77.8 Å². The van der Waals surface area contributed by atoms with Crippen molar-refractivity contribution in [1.29, 1.82) is 0 Å². The van der Waals surface area contributed by atoms with E-state index < -0.39 is 39.5 Å². The Balaban J connectivity index is 0.000000207. The third kappa shape index (κ3) is 15.7. The summed E-state index contributed by atoms with van der Waals surface area (Å²) < 4.78 is 67.9. The molecule has 0 amide bonds. The minimum Gasteiger partial charge on any atom is 1.00 e. The van der Waals surface area contributed by atoms with E-state index in [1.165, 1.54) is 43.5 Å². The Morgan fingerprint density at radius 2 is 0.531 bits per heavy atom. The van der Waals surface area contributed by atoms with E-state index in [-0.39, 0.29) is 22.4 Å². The molecule has 4 heterocycles. The number of imidazole rings is 4. The molecule has 342 valence electrons.